The molecule has 1 unspecified atom stereocenters. The van der Waals surface area contributed by atoms with Crippen LogP contribution in [0.3, 0.4) is 0 Å². The molecule has 104 valence electrons. The number of nitrogens with two attached hydrogens (primary N) is 1. The van der Waals surface area contributed by atoms with Crippen LogP contribution in [0.2, 0.25) is 0 Å². The molecule has 0 bridgehead atoms. The Morgan fingerprint density at radius 3 is 2.21 bits per heavy atom. The van der Waals surface area contributed by atoms with Gasteiger partial charge in [-0.25, -0.2) is 0 Å². The maximum absolute atomic E-state index is 11.9. The van der Waals surface area contributed by atoms with Crippen LogP contribution >= 0.6 is 12.2 Å². The van der Waals surface area contributed by atoms with Gasteiger partial charge in [0.05, 0.1) is 0 Å². The average molecular weight is 279 g/mol. The van der Waals surface area contributed by atoms with Crippen LogP contribution in [0, 0.1) is 0 Å². The molecule has 0 saturated heterocycles. The Morgan fingerprint density at radius 2 is 1.79 bits per heavy atom. The van der Waals surface area contributed by atoms with E-state index in [-0.39, 0.29) is 18.0 Å². The Hall–Kier alpha value is -1.62. The summed E-state index contributed by atoms with van der Waals surface area (Å²) in [5.74, 6) is 0.0101. The second-order valence-electron chi connectivity index (χ2n) is 4.86. The number of hydrogen-bond acceptors (Lipinski definition) is 3. The third-order valence-corrected chi connectivity index (χ3v) is 3.19. The van der Waals surface area contributed by atoms with Crippen molar-refractivity contribution in [3.63, 3.8) is 0 Å². The average Bonchev–Trinajstić information content (AvgIpc) is 2.36. The van der Waals surface area contributed by atoms with E-state index in [1.807, 2.05) is 57.0 Å². The molecule has 0 aliphatic rings. The molecule has 1 rings (SSSR count). The van der Waals surface area contributed by atoms with Gasteiger partial charge in [-0.15, -0.1) is 0 Å². The highest BCUT2D eigenvalue weighted by Crippen LogP contribution is 2.16. The Bertz CT molecular complexity index is 456. The molecular weight excluding hydrogens is 258 g/mol. The fourth-order valence-electron chi connectivity index (χ4n) is 1.67. The zero-order valence-corrected chi connectivity index (χ0v) is 12.6. The van der Waals surface area contributed by atoms with E-state index in [1.165, 1.54) is 0 Å². The van der Waals surface area contributed by atoms with E-state index >= 15 is 0 Å². The van der Waals surface area contributed by atoms with Gasteiger partial charge in [0.15, 0.2) is 0 Å². The molecule has 1 atom stereocenters. The number of amides is 1. The van der Waals surface area contributed by atoms with E-state index in [0.29, 0.717) is 4.99 Å². The molecule has 0 fully saturated rings. The molecule has 1 amide bonds. The Labute approximate surface area is 120 Å². The van der Waals surface area contributed by atoms with Gasteiger partial charge in [0, 0.05) is 24.3 Å². The number of carbonyl (C=O) groups is 1. The molecule has 3 N–H and O–H groups in total. The minimum atomic E-state index is -0.238. The van der Waals surface area contributed by atoms with Crippen LogP contribution in [0.25, 0.3) is 0 Å². The Balaban J connectivity index is 2.79. The van der Waals surface area contributed by atoms with Crippen molar-refractivity contribution in [2.75, 3.05) is 11.9 Å². The van der Waals surface area contributed by atoms with Crippen molar-refractivity contribution in [2.24, 2.45) is 5.73 Å². The molecular formula is C14H21N3OS. The molecule has 0 radical (unpaired) electrons. The second-order valence-corrected chi connectivity index (χ2v) is 5.30. The number of carbonyl (C=O) groups excluding carboxylic acids is 1. The van der Waals surface area contributed by atoms with E-state index in [1.54, 1.807) is 0 Å². The van der Waals surface area contributed by atoms with Gasteiger partial charge in [0.25, 0.3) is 0 Å². The zero-order chi connectivity index (χ0) is 14.6. The second kappa shape index (κ2) is 6.52. The number of nitrogens with zero attached hydrogens (tertiary/aromatic N) is 1. The van der Waals surface area contributed by atoms with Crippen molar-refractivity contribution in [3.05, 3.63) is 29.8 Å². The molecule has 0 heterocycles. The molecule has 4 nitrogen and oxygen atoms in total. The molecule has 5 heteroatoms. The summed E-state index contributed by atoms with van der Waals surface area (Å²) in [7, 11) is 1.89. The lowest BCUT2D eigenvalue weighted by Gasteiger charge is -2.27. The van der Waals surface area contributed by atoms with Gasteiger partial charge in [-0.05, 0) is 45.0 Å². The zero-order valence-electron chi connectivity index (χ0n) is 11.8. The van der Waals surface area contributed by atoms with Crippen LogP contribution in [-0.2, 0) is 4.79 Å². The number of anilines is 1. The summed E-state index contributed by atoms with van der Waals surface area (Å²) >= 11 is 4.91. The third kappa shape index (κ3) is 4.21. The number of hydrogen-bond donors (Lipinski definition) is 2. The Morgan fingerprint density at radius 1 is 1.26 bits per heavy atom. The lowest BCUT2D eigenvalue weighted by atomic mass is 10.1. The van der Waals surface area contributed by atoms with Gasteiger partial charge in [-0.1, -0.05) is 12.2 Å². The van der Waals surface area contributed by atoms with E-state index in [2.05, 4.69) is 5.32 Å². The van der Waals surface area contributed by atoms with Gasteiger partial charge in [-0.2, -0.15) is 0 Å². The first-order valence-corrected chi connectivity index (χ1v) is 6.66. The van der Waals surface area contributed by atoms with Crippen molar-refractivity contribution in [1.29, 1.82) is 0 Å². The van der Waals surface area contributed by atoms with Crippen LogP contribution < -0.4 is 16.0 Å². The number of likely N-dealkylation sites (N-methyl/N-ethyl adjacent to an activating group) is 1. The largest absolute Gasteiger partial charge is 0.389 e. The first kappa shape index (κ1) is 15.4. The van der Waals surface area contributed by atoms with E-state index in [4.69, 9.17) is 18.0 Å². The quantitative estimate of drug-likeness (QED) is 0.805. The molecule has 0 aromatic heterocycles. The predicted molar refractivity (Wildman–Crippen MR) is 83.5 cm³/mol. The summed E-state index contributed by atoms with van der Waals surface area (Å²) in [5.41, 5.74) is 7.33. The number of thiocarbonyl (C=S) groups is 1. The highest BCUT2D eigenvalue weighted by Gasteiger charge is 2.18. The summed E-state index contributed by atoms with van der Waals surface area (Å²) in [6.45, 7) is 5.77. The summed E-state index contributed by atoms with van der Waals surface area (Å²) in [4.78, 5) is 14.2. The summed E-state index contributed by atoms with van der Waals surface area (Å²) < 4.78 is 0. The van der Waals surface area contributed by atoms with Gasteiger partial charge in [-0.3, -0.25) is 4.79 Å². The SMILES string of the molecule is CC(C)NC(=O)C(C)N(C)c1ccc(C(N)=S)cc1. The molecule has 1 aromatic carbocycles. The third-order valence-electron chi connectivity index (χ3n) is 2.95. The van der Waals surface area contributed by atoms with E-state index in [9.17, 15) is 4.79 Å². The van der Waals surface area contributed by atoms with Gasteiger partial charge in [0.2, 0.25) is 5.91 Å². The van der Waals surface area contributed by atoms with Crippen molar-refractivity contribution >= 4 is 28.8 Å². The van der Waals surface area contributed by atoms with Crippen molar-refractivity contribution < 1.29 is 4.79 Å². The molecule has 19 heavy (non-hydrogen) atoms. The summed E-state index contributed by atoms with van der Waals surface area (Å²) in [6.07, 6.45) is 0. The summed E-state index contributed by atoms with van der Waals surface area (Å²) in [6, 6.07) is 7.45. The molecule has 0 spiro atoms. The monoisotopic (exact) mass is 279 g/mol. The van der Waals surface area contributed by atoms with Crippen molar-refractivity contribution in [1.82, 2.24) is 5.32 Å². The molecule has 0 aliphatic heterocycles. The van der Waals surface area contributed by atoms with Crippen molar-refractivity contribution in [3.8, 4) is 0 Å². The maximum atomic E-state index is 11.9. The molecule has 0 aliphatic carbocycles. The van der Waals surface area contributed by atoms with Crippen LogP contribution in [0.1, 0.15) is 26.3 Å². The maximum Gasteiger partial charge on any atom is 0.242 e. The van der Waals surface area contributed by atoms with Crippen LogP contribution in [-0.4, -0.2) is 30.0 Å². The van der Waals surface area contributed by atoms with E-state index < -0.39 is 0 Å². The van der Waals surface area contributed by atoms with E-state index in [0.717, 1.165) is 11.3 Å². The minimum Gasteiger partial charge on any atom is -0.389 e. The minimum absolute atomic E-state index is 0.0101. The van der Waals surface area contributed by atoms with Crippen LogP contribution in [0.5, 0.6) is 0 Å². The fourth-order valence-corrected chi connectivity index (χ4v) is 1.80. The number of benzene rings is 1. The normalized spacial score (nSPS) is 12.1. The number of rotatable bonds is 5. The molecule has 0 saturated carbocycles. The smallest absolute Gasteiger partial charge is 0.242 e. The highest BCUT2D eigenvalue weighted by atomic mass is 32.1. The first-order valence-electron chi connectivity index (χ1n) is 6.26. The fraction of sp³-hybridized carbons (Fsp3) is 0.429. The standard InChI is InChI=1S/C14H21N3OS/c1-9(2)16-14(18)10(3)17(4)12-7-5-11(6-8-12)13(15)19/h5-10H,1-4H3,(H2,15,19)(H,16,18). The lowest BCUT2D eigenvalue weighted by molar-refractivity contribution is -0.122. The van der Waals surface area contributed by atoms with Gasteiger partial charge < -0.3 is 16.0 Å². The Kier molecular flexibility index (Phi) is 5.30. The molecule has 1 aromatic rings. The first-order chi connectivity index (χ1) is 8.82. The van der Waals surface area contributed by atoms with Gasteiger partial charge >= 0.3 is 0 Å². The van der Waals surface area contributed by atoms with Crippen LogP contribution in [0.4, 0.5) is 5.69 Å². The van der Waals surface area contributed by atoms with Crippen LogP contribution in [0.15, 0.2) is 24.3 Å². The topological polar surface area (TPSA) is 58.4 Å². The van der Waals surface area contributed by atoms with Crippen molar-refractivity contribution in [2.45, 2.75) is 32.9 Å². The lowest BCUT2D eigenvalue weighted by Crippen LogP contribution is -2.45. The van der Waals surface area contributed by atoms with Gasteiger partial charge in [0.1, 0.15) is 11.0 Å². The number of nitrogens with one attached hydrogen (secondary N) is 1. The summed E-state index contributed by atoms with van der Waals surface area (Å²) in [5, 5.41) is 2.90. The highest BCUT2D eigenvalue weighted by molar-refractivity contribution is 7.80. The predicted octanol–water partition coefficient (Wildman–Crippen LogP) is 1.67.